The Balaban J connectivity index is -0.0000130. The molecule has 0 radical (unpaired) electrons. The molecule has 0 rings (SSSR count). The van der Waals surface area contributed by atoms with E-state index in [9.17, 15) is 10.2 Å². The van der Waals surface area contributed by atoms with Crippen LogP contribution in [-0.2, 0) is 9.47 Å². The van der Waals surface area contributed by atoms with Crippen molar-refractivity contribution < 1.29 is 62.6 Å². The van der Waals surface area contributed by atoms with E-state index in [0.717, 1.165) is 74.0 Å². The quantitative estimate of drug-likeness (QED) is 0.0615. The van der Waals surface area contributed by atoms with Crippen molar-refractivity contribution in [3.05, 3.63) is 0 Å². The highest BCUT2D eigenvalue weighted by Crippen LogP contribution is 2.15. The predicted molar refractivity (Wildman–Crippen MR) is 227 cm³/mol. The van der Waals surface area contributed by atoms with Crippen molar-refractivity contribution in [1.29, 1.82) is 0 Å². The molecule has 2 N–H and O–H groups in total. The minimum Gasteiger partial charge on any atom is -1.00 e. The van der Waals surface area contributed by atoms with E-state index < -0.39 is 12.2 Å². The van der Waals surface area contributed by atoms with Crippen LogP contribution in [0.15, 0.2) is 0 Å². The maximum atomic E-state index is 10.6. The fraction of sp³-hybridized carbons (Fsp3) is 1.00. The summed E-state index contributed by atoms with van der Waals surface area (Å²) in [5.41, 5.74) is 0. The van der Waals surface area contributed by atoms with Gasteiger partial charge in [-0.05, 0) is 12.8 Å². The van der Waals surface area contributed by atoms with E-state index in [1.165, 1.54) is 167 Å². The van der Waals surface area contributed by atoms with Gasteiger partial charge >= 0.3 is 0 Å². The molecule has 6 nitrogen and oxygen atoms in total. The van der Waals surface area contributed by atoms with Gasteiger partial charge in [-0.1, -0.05) is 181 Å². The van der Waals surface area contributed by atoms with Gasteiger partial charge in [0.1, 0.15) is 25.3 Å². The van der Waals surface area contributed by atoms with Crippen molar-refractivity contribution >= 4 is 0 Å². The van der Waals surface area contributed by atoms with Gasteiger partial charge in [0, 0.05) is 26.1 Å². The first-order valence-corrected chi connectivity index (χ1v) is 23.3. The lowest BCUT2D eigenvalue weighted by molar-refractivity contribution is -0.899. The molecular weight excluding hydrogens is 804 g/mol. The van der Waals surface area contributed by atoms with E-state index in [2.05, 4.69) is 42.0 Å². The molecule has 0 aromatic carbocycles. The van der Waals surface area contributed by atoms with Gasteiger partial charge in [-0.25, -0.2) is 0 Å². The van der Waals surface area contributed by atoms with Crippen molar-refractivity contribution in [3.63, 3.8) is 0 Å². The van der Waals surface area contributed by atoms with Gasteiger partial charge in [0.25, 0.3) is 0 Å². The van der Waals surface area contributed by atoms with Gasteiger partial charge in [-0.3, -0.25) is 0 Å². The molecular formula is C46H98Br2N2O4. The molecule has 8 heteroatoms. The Morgan fingerprint density at radius 2 is 0.574 bits per heavy atom. The third-order valence-electron chi connectivity index (χ3n) is 11.1. The fourth-order valence-electron chi connectivity index (χ4n) is 7.74. The third-order valence-corrected chi connectivity index (χ3v) is 11.1. The molecule has 2 atom stereocenters. The Bertz CT molecular complexity index is 658. The van der Waals surface area contributed by atoms with Crippen LogP contribution in [0, 0.1) is 0 Å². The molecule has 0 aromatic rings. The first-order chi connectivity index (χ1) is 25.1. The second-order valence-corrected chi connectivity index (χ2v) is 18.0. The molecule has 2 unspecified atom stereocenters. The lowest BCUT2D eigenvalue weighted by Crippen LogP contribution is -3.00. The van der Waals surface area contributed by atoms with Crippen LogP contribution >= 0.6 is 0 Å². The standard InChI is InChI=1S/C46H98N2O4.2BrH/c1-7-9-11-13-15-17-19-21-23-25-27-29-31-35-39-51-43-45(49)41-47(3,4)37-33-34-38-48(5,6)42-46(50)44-52-40-36-32-30-28-26-24-22-20-18-16-14-12-10-8-2;;/h45-46,49-50H,7-44H2,1-6H3;2*1H/q+2;;/p-2. The highest BCUT2D eigenvalue weighted by molar-refractivity contribution is 4.56. The van der Waals surface area contributed by atoms with Crippen LogP contribution < -0.4 is 34.0 Å². The maximum absolute atomic E-state index is 10.6. The van der Waals surface area contributed by atoms with Crippen molar-refractivity contribution in [1.82, 2.24) is 0 Å². The lowest BCUT2D eigenvalue weighted by Gasteiger charge is -2.34. The topological polar surface area (TPSA) is 58.9 Å². The smallest absolute Gasteiger partial charge is 0.126 e. The molecule has 0 amide bonds. The number of unbranched alkanes of at least 4 members (excludes halogenated alkanes) is 27. The van der Waals surface area contributed by atoms with Crippen molar-refractivity contribution in [3.8, 4) is 0 Å². The van der Waals surface area contributed by atoms with Crippen molar-refractivity contribution in [2.24, 2.45) is 0 Å². The number of aliphatic hydroxyl groups is 2. The Morgan fingerprint density at radius 1 is 0.352 bits per heavy atom. The van der Waals surface area contributed by atoms with E-state index in [0.29, 0.717) is 13.2 Å². The number of hydrogen-bond donors (Lipinski definition) is 2. The Labute approximate surface area is 360 Å². The number of quaternary nitrogens is 2. The van der Waals surface area contributed by atoms with E-state index in [4.69, 9.17) is 9.47 Å². The van der Waals surface area contributed by atoms with Crippen molar-refractivity contribution in [2.75, 3.05) is 80.8 Å². The number of ether oxygens (including phenoxy) is 2. The first kappa shape index (κ1) is 59.0. The summed E-state index contributed by atoms with van der Waals surface area (Å²) in [7, 11) is 8.87. The highest BCUT2D eigenvalue weighted by Gasteiger charge is 2.23. The number of nitrogens with zero attached hydrogens (tertiary/aromatic N) is 2. The summed E-state index contributed by atoms with van der Waals surface area (Å²) >= 11 is 0. The normalized spacial score (nSPS) is 13.1. The van der Waals surface area contributed by atoms with Crippen LogP contribution in [0.1, 0.15) is 206 Å². The predicted octanol–water partition coefficient (Wildman–Crippen LogP) is 5.65. The molecule has 0 spiro atoms. The van der Waals surface area contributed by atoms with Gasteiger partial charge in [0.2, 0.25) is 0 Å². The van der Waals surface area contributed by atoms with Crippen LogP contribution in [0.2, 0.25) is 0 Å². The molecule has 0 aliphatic rings. The average Bonchev–Trinajstić information content (AvgIpc) is 3.09. The monoisotopic (exact) mass is 901 g/mol. The summed E-state index contributed by atoms with van der Waals surface area (Å²) < 4.78 is 13.3. The highest BCUT2D eigenvalue weighted by atomic mass is 79.9. The summed E-state index contributed by atoms with van der Waals surface area (Å²) in [4.78, 5) is 0. The van der Waals surface area contributed by atoms with E-state index in [1.807, 2.05) is 0 Å². The van der Waals surface area contributed by atoms with E-state index >= 15 is 0 Å². The van der Waals surface area contributed by atoms with Crippen molar-refractivity contribution in [2.45, 2.75) is 219 Å². The van der Waals surface area contributed by atoms with Crippen LogP contribution in [0.5, 0.6) is 0 Å². The largest absolute Gasteiger partial charge is 1.00 e. The Morgan fingerprint density at radius 3 is 0.815 bits per heavy atom. The van der Waals surface area contributed by atoms with Crippen LogP contribution in [0.25, 0.3) is 0 Å². The number of likely N-dealkylation sites (N-methyl/N-ethyl adjacent to an activating group) is 2. The summed E-state index contributed by atoms with van der Waals surface area (Å²) in [5.74, 6) is 0. The van der Waals surface area contributed by atoms with E-state index in [-0.39, 0.29) is 34.0 Å². The summed E-state index contributed by atoms with van der Waals surface area (Å²) in [6.45, 7) is 10.6. The fourth-order valence-corrected chi connectivity index (χ4v) is 7.74. The van der Waals surface area contributed by atoms with Crippen LogP contribution in [-0.4, -0.2) is 112 Å². The van der Waals surface area contributed by atoms with Crippen LogP contribution in [0.3, 0.4) is 0 Å². The zero-order valence-corrected chi connectivity index (χ0v) is 40.6. The molecule has 0 saturated carbocycles. The lowest BCUT2D eigenvalue weighted by atomic mass is 10.0. The third kappa shape index (κ3) is 45.4. The second-order valence-electron chi connectivity index (χ2n) is 18.0. The van der Waals surface area contributed by atoms with Gasteiger partial charge in [-0.2, -0.15) is 0 Å². The Kier molecular flexibility index (Phi) is 47.3. The summed E-state index contributed by atoms with van der Waals surface area (Å²) in [5, 5.41) is 21.2. The van der Waals surface area contributed by atoms with E-state index in [1.54, 1.807) is 0 Å². The minimum absolute atomic E-state index is 0. The SMILES string of the molecule is CCCCCCCCCCCCCCCCOCC(O)C[N+](C)(C)CCCC[N+](C)(C)CC(O)COCCCCCCCCCCCCCCCC.[Br-].[Br-]. The molecule has 0 fully saturated rings. The Hall–Kier alpha value is 0.720. The average molecular weight is 903 g/mol. The zero-order valence-electron chi connectivity index (χ0n) is 37.4. The van der Waals surface area contributed by atoms with Gasteiger partial charge < -0.3 is 62.6 Å². The molecule has 0 bridgehead atoms. The minimum atomic E-state index is -0.409. The molecule has 54 heavy (non-hydrogen) atoms. The maximum Gasteiger partial charge on any atom is 0.126 e. The number of rotatable bonds is 43. The molecule has 330 valence electrons. The molecule has 0 heterocycles. The second kappa shape index (κ2) is 43.3. The number of halogens is 2. The number of hydrogen-bond acceptors (Lipinski definition) is 4. The molecule has 0 saturated heterocycles. The molecule has 0 aliphatic carbocycles. The van der Waals surface area contributed by atoms with Gasteiger partial charge in [0.15, 0.2) is 0 Å². The first-order valence-electron chi connectivity index (χ1n) is 23.3. The zero-order chi connectivity index (χ0) is 38.4. The molecule has 0 aromatic heterocycles. The van der Waals surface area contributed by atoms with Gasteiger partial charge in [0.05, 0.1) is 54.5 Å². The number of aliphatic hydroxyl groups excluding tert-OH is 2. The summed E-state index contributed by atoms with van der Waals surface area (Å²) in [6, 6.07) is 0. The van der Waals surface area contributed by atoms with Crippen LogP contribution in [0.4, 0.5) is 0 Å². The van der Waals surface area contributed by atoms with Gasteiger partial charge in [-0.15, -0.1) is 0 Å². The summed E-state index contributed by atoms with van der Waals surface area (Å²) in [6.07, 6.45) is 39.7. The molecule has 0 aliphatic heterocycles.